The van der Waals surface area contributed by atoms with Crippen LogP contribution in [0.5, 0.6) is 0 Å². The van der Waals surface area contributed by atoms with Crippen LogP contribution in [0.15, 0.2) is 48.5 Å². The molecule has 0 spiro atoms. The van der Waals surface area contributed by atoms with Crippen LogP contribution in [0, 0.1) is 0 Å². The number of halogens is 3. The summed E-state index contributed by atoms with van der Waals surface area (Å²) < 4.78 is 44.5. The Morgan fingerprint density at radius 2 is 1.65 bits per heavy atom. The summed E-state index contributed by atoms with van der Waals surface area (Å²) in [5, 5.41) is 12.9. The number of Topliss-reactive ketones (excluding diaryl/α,β-unsaturated/α-hetero) is 1. The molecule has 0 radical (unpaired) electrons. The minimum absolute atomic E-state index is 0.00450. The third kappa shape index (κ3) is 9.86. The van der Waals surface area contributed by atoms with Gasteiger partial charge in [-0.2, -0.15) is 13.2 Å². The smallest absolute Gasteiger partial charge is 0.423 e. The second-order valence-corrected chi connectivity index (χ2v) is 10.5. The molecule has 1 heterocycles. The van der Waals surface area contributed by atoms with Crippen molar-refractivity contribution in [1.29, 1.82) is 0 Å². The van der Waals surface area contributed by atoms with Crippen molar-refractivity contribution in [2.45, 2.75) is 62.9 Å². The third-order valence-electron chi connectivity index (χ3n) is 7.42. The number of amides is 2. The highest BCUT2D eigenvalue weighted by Gasteiger charge is 2.35. The number of hydrogen-bond acceptors (Lipinski definition) is 8. The van der Waals surface area contributed by atoms with E-state index >= 15 is 0 Å². The molecule has 0 bridgehead atoms. The maximum absolute atomic E-state index is 13.4. The number of benzene rings is 2. The average molecular weight is 605 g/mol. The van der Waals surface area contributed by atoms with E-state index < -0.39 is 43.0 Å². The van der Waals surface area contributed by atoms with Gasteiger partial charge in [0.05, 0.1) is 23.8 Å². The van der Waals surface area contributed by atoms with Crippen molar-refractivity contribution in [3.63, 3.8) is 0 Å². The number of aryl methyl sites for hydroxylation is 1. The van der Waals surface area contributed by atoms with Crippen molar-refractivity contribution < 1.29 is 37.2 Å². The molecule has 1 aliphatic heterocycles. The molecule has 8 N–H and O–H groups in total. The summed E-state index contributed by atoms with van der Waals surface area (Å²) in [5.74, 6) is -1.18. The Morgan fingerprint density at radius 3 is 2.28 bits per heavy atom. The van der Waals surface area contributed by atoms with Crippen LogP contribution in [-0.4, -0.2) is 72.9 Å². The molecule has 1 aliphatic rings. The van der Waals surface area contributed by atoms with Gasteiger partial charge in [-0.25, -0.2) is 0 Å². The molecule has 0 aromatic heterocycles. The number of nitrogens with two attached hydrogens (primary N) is 3. The van der Waals surface area contributed by atoms with E-state index in [9.17, 15) is 32.6 Å². The molecule has 1 unspecified atom stereocenters. The van der Waals surface area contributed by atoms with Gasteiger partial charge in [-0.15, -0.1) is 0 Å². The first kappa shape index (κ1) is 34.2. The highest BCUT2D eigenvalue weighted by Crippen LogP contribution is 2.30. The summed E-state index contributed by atoms with van der Waals surface area (Å²) >= 11 is 0. The van der Waals surface area contributed by atoms with Crippen molar-refractivity contribution in [2.24, 2.45) is 17.2 Å². The Balaban J connectivity index is 1.65. The Morgan fingerprint density at radius 1 is 1.00 bits per heavy atom. The van der Waals surface area contributed by atoms with Crippen LogP contribution in [0.2, 0.25) is 0 Å². The molecule has 3 rings (SSSR count). The van der Waals surface area contributed by atoms with E-state index in [-0.39, 0.29) is 63.3 Å². The van der Waals surface area contributed by atoms with Crippen molar-refractivity contribution in [3.8, 4) is 0 Å². The van der Waals surface area contributed by atoms with E-state index in [4.69, 9.17) is 21.9 Å². The van der Waals surface area contributed by atoms with Crippen LogP contribution >= 0.6 is 0 Å². The van der Waals surface area contributed by atoms with Crippen molar-refractivity contribution in [3.05, 3.63) is 65.2 Å². The number of fused-ring (bicyclic) bond motifs is 1. The second-order valence-electron chi connectivity index (χ2n) is 10.5. The fraction of sp³-hybridized carbons (Fsp3) is 0.483. The van der Waals surface area contributed by atoms with E-state index in [1.165, 1.54) is 17.0 Å². The van der Waals surface area contributed by atoms with E-state index in [0.717, 1.165) is 17.7 Å². The Kier molecular flexibility index (Phi) is 12.7. The largest absolute Gasteiger partial charge is 0.491 e. The van der Waals surface area contributed by atoms with Crippen LogP contribution in [0.1, 0.15) is 54.9 Å². The minimum atomic E-state index is -4.47. The van der Waals surface area contributed by atoms with Crippen molar-refractivity contribution in [2.75, 3.05) is 26.2 Å². The van der Waals surface area contributed by atoms with Gasteiger partial charge < -0.3 is 37.1 Å². The molecule has 2 aromatic carbocycles. The van der Waals surface area contributed by atoms with Crippen LogP contribution < -0.4 is 28.0 Å². The van der Waals surface area contributed by atoms with Gasteiger partial charge in [0.1, 0.15) is 0 Å². The molecule has 0 aliphatic carbocycles. The fourth-order valence-corrected chi connectivity index (χ4v) is 5.01. The topological polar surface area (TPSA) is 174 Å². The second kappa shape index (κ2) is 16.0. The molecular formula is C29H39BF3N5O5. The van der Waals surface area contributed by atoms with Crippen LogP contribution in [0.25, 0.3) is 0 Å². The number of nitrogens with zero attached hydrogens (tertiary/aromatic N) is 1. The fourth-order valence-electron chi connectivity index (χ4n) is 5.01. The van der Waals surface area contributed by atoms with Gasteiger partial charge in [-0.3, -0.25) is 14.4 Å². The molecule has 0 saturated heterocycles. The third-order valence-corrected chi connectivity index (χ3v) is 7.42. The summed E-state index contributed by atoms with van der Waals surface area (Å²) in [6.07, 6.45) is -4.38. The Bertz CT molecular complexity index is 1230. The Hall–Kier alpha value is -3.30. The zero-order chi connectivity index (χ0) is 31.6. The van der Waals surface area contributed by atoms with Crippen molar-refractivity contribution in [1.82, 2.24) is 10.2 Å². The molecule has 2 aromatic rings. The number of alkyl halides is 3. The summed E-state index contributed by atoms with van der Waals surface area (Å²) in [7, 11) is -1.10. The van der Waals surface area contributed by atoms with Gasteiger partial charge >= 0.3 is 13.3 Å². The van der Waals surface area contributed by atoms with Crippen molar-refractivity contribution >= 4 is 30.2 Å². The average Bonchev–Trinajstić information content (AvgIpc) is 3.31. The molecule has 3 atom stereocenters. The number of nitrogens with one attached hydrogen (secondary N) is 1. The normalized spacial score (nSPS) is 16.0. The van der Waals surface area contributed by atoms with E-state index in [2.05, 4.69) is 5.32 Å². The van der Waals surface area contributed by atoms with E-state index in [0.29, 0.717) is 24.1 Å². The molecule has 10 nitrogen and oxygen atoms in total. The summed E-state index contributed by atoms with van der Waals surface area (Å²) in [4.78, 5) is 40.4. The number of ketones is 1. The lowest BCUT2D eigenvalue weighted by Gasteiger charge is -2.23. The molecule has 234 valence electrons. The standard InChI is InChI=1S/C29H39BF3N5O5/c31-29(32,33)20-8-5-19(6-9-20)7-11-24(25(39)12-13-26-21-3-1-2-4-22(21)30(42)43-26)37-28(41)23(36)10-14-27(40)38(17-15-34)18-16-35/h1-6,8-9,23-24,26,42H,7,10-18,34-36H2,(H,37,41)/t23-,24+,26?/m0/s1. The molecule has 14 heteroatoms. The van der Waals surface area contributed by atoms with Gasteiger partial charge in [0.15, 0.2) is 5.78 Å². The highest BCUT2D eigenvalue weighted by molar-refractivity contribution is 6.61. The highest BCUT2D eigenvalue weighted by atomic mass is 19.4. The predicted octanol–water partition coefficient (Wildman–Crippen LogP) is 0.785. The van der Waals surface area contributed by atoms with Crippen LogP contribution in [0.3, 0.4) is 0 Å². The zero-order valence-corrected chi connectivity index (χ0v) is 23.9. The lowest BCUT2D eigenvalue weighted by atomic mass is 9.79. The monoisotopic (exact) mass is 605 g/mol. The summed E-state index contributed by atoms with van der Waals surface area (Å²) in [6.45, 7) is 1.17. The van der Waals surface area contributed by atoms with Gasteiger partial charge in [0.2, 0.25) is 11.8 Å². The molecule has 43 heavy (non-hydrogen) atoms. The Labute approximate surface area is 249 Å². The summed E-state index contributed by atoms with van der Waals surface area (Å²) in [6, 6.07) is 9.68. The number of carbonyl (C=O) groups excluding carboxylic acids is 3. The first-order chi connectivity index (χ1) is 20.4. The molecule has 0 fully saturated rings. The van der Waals surface area contributed by atoms with Crippen LogP contribution in [-0.2, 0) is 31.6 Å². The summed E-state index contributed by atoms with van der Waals surface area (Å²) in [5.41, 5.74) is 18.4. The first-order valence-electron chi connectivity index (χ1n) is 14.3. The van der Waals surface area contributed by atoms with Gasteiger partial charge in [0, 0.05) is 39.0 Å². The molecule has 0 saturated carbocycles. The predicted molar refractivity (Wildman–Crippen MR) is 156 cm³/mol. The number of carbonyl (C=O) groups is 3. The zero-order valence-electron chi connectivity index (χ0n) is 23.9. The quantitative estimate of drug-likeness (QED) is 0.175. The van der Waals surface area contributed by atoms with Gasteiger partial charge in [-0.1, -0.05) is 36.4 Å². The number of hydrogen-bond donors (Lipinski definition) is 5. The number of rotatable bonds is 16. The van der Waals surface area contributed by atoms with Gasteiger partial charge in [-0.05, 0) is 54.4 Å². The minimum Gasteiger partial charge on any atom is -0.423 e. The molecule has 2 amide bonds. The first-order valence-corrected chi connectivity index (χ1v) is 14.3. The maximum atomic E-state index is 13.4. The van der Waals surface area contributed by atoms with E-state index in [1.54, 1.807) is 18.2 Å². The van der Waals surface area contributed by atoms with Crippen LogP contribution in [0.4, 0.5) is 13.2 Å². The van der Waals surface area contributed by atoms with Gasteiger partial charge in [0.25, 0.3) is 0 Å². The molecular weight excluding hydrogens is 566 g/mol. The SMILES string of the molecule is NCCN(CCN)C(=O)CC[C@H](N)C(=O)N[C@H](CCc1ccc(C(F)(F)F)cc1)C(=O)CCC1OB(O)c2ccccc21. The maximum Gasteiger partial charge on any atom is 0.491 e. The lowest BCUT2D eigenvalue weighted by molar-refractivity contribution is -0.137. The lowest BCUT2D eigenvalue weighted by Crippen LogP contribution is -2.49. The van der Waals surface area contributed by atoms with E-state index in [1.807, 2.05) is 6.07 Å².